The highest BCUT2D eigenvalue weighted by Crippen LogP contribution is 2.41. The van der Waals surface area contributed by atoms with Gasteiger partial charge in [0.1, 0.15) is 0 Å². The molecule has 1 atom stereocenters. The molecule has 2 rings (SSSR count). The van der Waals surface area contributed by atoms with Crippen molar-refractivity contribution in [3.8, 4) is 0 Å². The van der Waals surface area contributed by atoms with E-state index in [2.05, 4.69) is 0 Å². The Bertz CT molecular complexity index is 342. The highest BCUT2D eigenvalue weighted by atomic mass is 32.2. The first-order valence-electron chi connectivity index (χ1n) is 3.82. The Morgan fingerprint density at radius 1 is 1.54 bits per heavy atom. The molecule has 5 heteroatoms. The third-order valence-corrected chi connectivity index (χ3v) is 3.28. The summed E-state index contributed by atoms with van der Waals surface area (Å²) >= 11 is 1.13. The molecule has 0 amide bonds. The average molecular weight is 196 g/mol. The summed E-state index contributed by atoms with van der Waals surface area (Å²) in [4.78, 5) is 9.79. The Morgan fingerprint density at radius 3 is 2.85 bits per heavy atom. The van der Waals surface area contributed by atoms with Gasteiger partial charge in [0.05, 0.1) is 11.3 Å². The molecule has 1 heterocycles. The third kappa shape index (κ3) is 1.30. The SMILES string of the molecule is NC1([N+](=O)[O-])Cc2ccccc2S1. The van der Waals surface area contributed by atoms with Crippen molar-refractivity contribution in [1.29, 1.82) is 0 Å². The van der Waals surface area contributed by atoms with Gasteiger partial charge in [0.25, 0.3) is 0 Å². The minimum Gasteiger partial charge on any atom is -0.262 e. The summed E-state index contributed by atoms with van der Waals surface area (Å²) in [6, 6.07) is 7.46. The summed E-state index contributed by atoms with van der Waals surface area (Å²) < 4.78 is 0. The first-order valence-corrected chi connectivity index (χ1v) is 4.64. The van der Waals surface area contributed by atoms with Gasteiger partial charge in [-0.3, -0.25) is 15.8 Å². The van der Waals surface area contributed by atoms with Crippen LogP contribution < -0.4 is 5.73 Å². The second-order valence-corrected chi connectivity index (χ2v) is 4.34. The Balaban J connectivity index is 2.37. The molecule has 0 radical (unpaired) electrons. The zero-order valence-corrected chi connectivity index (χ0v) is 7.58. The van der Waals surface area contributed by atoms with Crippen LogP contribution in [0.5, 0.6) is 0 Å². The van der Waals surface area contributed by atoms with Crippen molar-refractivity contribution < 1.29 is 4.92 Å². The fourth-order valence-corrected chi connectivity index (χ4v) is 2.45. The van der Waals surface area contributed by atoms with Crippen LogP contribution in [0.1, 0.15) is 5.56 Å². The molecule has 0 fully saturated rings. The molecule has 1 unspecified atom stereocenters. The summed E-state index contributed by atoms with van der Waals surface area (Å²) in [5.41, 5.74) is 6.58. The summed E-state index contributed by atoms with van der Waals surface area (Å²) in [7, 11) is 0. The van der Waals surface area contributed by atoms with E-state index in [1.807, 2.05) is 24.3 Å². The van der Waals surface area contributed by atoms with E-state index in [9.17, 15) is 10.1 Å². The first kappa shape index (κ1) is 8.52. The van der Waals surface area contributed by atoms with Crippen LogP contribution in [-0.2, 0) is 6.42 Å². The van der Waals surface area contributed by atoms with Gasteiger partial charge in [-0.15, -0.1) is 0 Å². The molecule has 1 aliphatic heterocycles. The lowest BCUT2D eigenvalue weighted by Gasteiger charge is -2.11. The molecule has 1 aliphatic rings. The number of thioether (sulfide) groups is 1. The van der Waals surface area contributed by atoms with Gasteiger partial charge in [0.15, 0.2) is 0 Å². The zero-order valence-electron chi connectivity index (χ0n) is 6.77. The average Bonchev–Trinajstić information content (AvgIpc) is 2.42. The van der Waals surface area contributed by atoms with Crippen LogP contribution in [0.4, 0.5) is 0 Å². The predicted octanol–water partition coefficient (Wildman–Crippen LogP) is 1.22. The number of benzene rings is 1. The molecule has 0 saturated carbocycles. The normalized spacial score (nSPS) is 25.6. The summed E-state index contributed by atoms with van der Waals surface area (Å²) in [5.74, 6) is 0. The Hall–Kier alpha value is -1.07. The van der Waals surface area contributed by atoms with Crippen molar-refractivity contribution in [2.24, 2.45) is 5.73 Å². The molecule has 0 aromatic heterocycles. The number of fused-ring (bicyclic) bond motifs is 1. The quantitative estimate of drug-likeness (QED) is 0.416. The smallest absolute Gasteiger partial charge is 0.262 e. The van der Waals surface area contributed by atoms with Gasteiger partial charge in [-0.25, -0.2) is 0 Å². The van der Waals surface area contributed by atoms with Crippen molar-refractivity contribution in [3.63, 3.8) is 0 Å². The summed E-state index contributed by atoms with van der Waals surface area (Å²) in [5, 5.41) is 10.7. The van der Waals surface area contributed by atoms with E-state index >= 15 is 0 Å². The minimum absolute atomic E-state index is 0.306. The molecule has 13 heavy (non-hydrogen) atoms. The standard InChI is InChI=1S/C8H8N2O2S/c9-8(10(11)12)5-6-3-1-2-4-7(6)13-8/h1-4H,5,9H2. The number of rotatable bonds is 1. The van der Waals surface area contributed by atoms with E-state index in [-0.39, 0.29) is 0 Å². The molecule has 0 bridgehead atoms. The zero-order chi connectivity index (χ0) is 9.47. The maximum absolute atomic E-state index is 10.7. The van der Waals surface area contributed by atoms with Crippen molar-refractivity contribution in [2.45, 2.75) is 16.3 Å². The van der Waals surface area contributed by atoms with Crippen molar-refractivity contribution in [3.05, 3.63) is 39.9 Å². The van der Waals surface area contributed by atoms with E-state index in [4.69, 9.17) is 5.73 Å². The number of nitrogens with zero attached hydrogens (tertiary/aromatic N) is 1. The largest absolute Gasteiger partial charge is 0.328 e. The molecular weight excluding hydrogens is 188 g/mol. The molecule has 0 aliphatic carbocycles. The molecule has 68 valence electrons. The first-order chi connectivity index (χ1) is 6.12. The Morgan fingerprint density at radius 2 is 2.23 bits per heavy atom. The van der Waals surface area contributed by atoms with E-state index < -0.39 is 9.92 Å². The van der Waals surface area contributed by atoms with Gasteiger partial charge in [0.2, 0.25) is 0 Å². The number of hydrogen-bond acceptors (Lipinski definition) is 4. The van der Waals surface area contributed by atoms with Gasteiger partial charge < -0.3 is 0 Å². The number of hydrogen-bond donors (Lipinski definition) is 1. The minimum atomic E-state index is -1.36. The van der Waals surface area contributed by atoms with Gasteiger partial charge in [-0.2, -0.15) is 0 Å². The maximum Gasteiger partial charge on any atom is 0.328 e. The lowest BCUT2D eigenvalue weighted by Crippen LogP contribution is -2.43. The molecular formula is C8H8N2O2S. The molecule has 4 nitrogen and oxygen atoms in total. The van der Waals surface area contributed by atoms with Gasteiger partial charge in [-0.1, -0.05) is 18.2 Å². The fraction of sp³-hybridized carbons (Fsp3) is 0.250. The number of nitrogens with two attached hydrogens (primary N) is 1. The maximum atomic E-state index is 10.7. The van der Waals surface area contributed by atoms with Crippen LogP contribution in [0, 0.1) is 10.1 Å². The van der Waals surface area contributed by atoms with Crippen LogP contribution >= 0.6 is 11.8 Å². The van der Waals surface area contributed by atoms with E-state index in [0.29, 0.717) is 6.42 Å². The van der Waals surface area contributed by atoms with E-state index in [1.54, 1.807) is 0 Å². The number of nitro groups is 1. The summed E-state index contributed by atoms with van der Waals surface area (Å²) in [6.07, 6.45) is 0.306. The second-order valence-electron chi connectivity index (χ2n) is 2.99. The monoisotopic (exact) mass is 196 g/mol. The summed E-state index contributed by atoms with van der Waals surface area (Å²) in [6.45, 7) is 0. The molecule has 0 spiro atoms. The third-order valence-electron chi connectivity index (χ3n) is 2.01. The van der Waals surface area contributed by atoms with Crippen LogP contribution in [-0.4, -0.2) is 9.92 Å². The van der Waals surface area contributed by atoms with Crippen LogP contribution in [0.2, 0.25) is 0 Å². The lowest BCUT2D eigenvalue weighted by molar-refractivity contribution is -0.536. The van der Waals surface area contributed by atoms with Gasteiger partial charge >= 0.3 is 4.99 Å². The second kappa shape index (κ2) is 2.71. The molecule has 1 aromatic rings. The van der Waals surface area contributed by atoms with Crippen LogP contribution in [0.25, 0.3) is 0 Å². The Kier molecular flexibility index (Phi) is 1.78. The fourth-order valence-electron chi connectivity index (χ4n) is 1.35. The van der Waals surface area contributed by atoms with Crippen LogP contribution in [0.15, 0.2) is 29.2 Å². The van der Waals surface area contributed by atoms with Gasteiger partial charge in [0, 0.05) is 4.90 Å². The van der Waals surface area contributed by atoms with Crippen LogP contribution in [0.3, 0.4) is 0 Å². The predicted molar refractivity (Wildman–Crippen MR) is 49.9 cm³/mol. The molecule has 2 N–H and O–H groups in total. The Labute approximate surface area is 79.3 Å². The lowest BCUT2D eigenvalue weighted by atomic mass is 10.1. The molecule has 0 saturated heterocycles. The van der Waals surface area contributed by atoms with E-state index in [1.165, 1.54) is 0 Å². The van der Waals surface area contributed by atoms with Crippen molar-refractivity contribution in [1.82, 2.24) is 0 Å². The molecule has 1 aromatic carbocycles. The highest BCUT2D eigenvalue weighted by Gasteiger charge is 2.45. The van der Waals surface area contributed by atoms with Crippen molar-refractivity contribution in [2.75, 3.05) is 0 Å². The van der Waals surface area contributed by atoms with Crippen molar-refractivity contribution >= 4 is 11.8 Å². The topological polar surface area (TPSA) is 69.2 Å². The van der Waals surface area contributed by atoms with Gasteiger partial charge in [-0.05, 0) is 23.4 Å². The highest BCUT2D eigenvalue weighted by molar-refractivity contribution is 8.00. The van der Waals surface area contributed by atoms with E-state index in [0.717, 1.165) is 22.2 Å².